The molecule has 0 bridgehead atoms. The largest absolute Gasteiger partial charge is 0.322 e. The number of aryl methyl sites for hydroxylation is 1. The van der Waals surface area contributed by atoms with Crippen LogP contribution in [-0.2, 0) is 13.0 Å². The molecule has 96 valence electrons. The highest BCUT2D eigenvalue weighted by Crippen LogP contribution is 2.16. The number of aromatic nitrogens is 3. The molecule has 1 heterocycles. The molecule has 5 heteroatoms. The molecule has 4 nitrogen and oxygen atoms in total. The van der Waals surface area contributed by atoms with E-state index in [0.717, 1.165) is 24.2 Å². The number of nitrogens with zero attached hydrogens (tertiary/aromatic N) is 3. The predicted molar refractivity (Wildman–Crippen MR) is 67.3 cm³/mol. The summed E-state index contributed by atoms with van der Waals surface area (Å²) < 4.78 is 14.9. The van der Waals surface area contributed by atoms with Crippen molar-refractivity contribution >= 4 is 0 Å². The highest BCUT2D eigenvalue weighted by Gasteiger charge is 2.13. The molecule has 18 heavy (non-hydrogen) atoms. The summed E-state index contributed by atoms with van der Waals surface area (Å²) in [6.45, 7) is 2.87. The predicted octanol–water partition coefficient (Wildman–Crippen LogP) is 2.07. The van der Waals surface area contributed by atoms with Crippen molar-refractivity contribution in [3.63, 3.8) is 0 Å². The lowest BCUT2D eigenvalue weighted by atomic mass is 10.0. The molecule has 2 N–H and O–H groups in total. The summed E-state index contributed by atoms with van der Waals surface area (Å²) in [5.41, 5.74) is 7.90. The Balaban J connectivity index is 2.11. The topological polar surface area (TPSA) is 56.7 Å². The Hall–Kier alpha value is -1.75. The Bertz CT molecular complexity index is 509. The minimum absolute atomic E-state index is 0.214. The molecule has 1 aromatic heterocycles. The van der Waals surface area contributed by atoms with Gasteiger partial charge in [0, 0.05) is 6.54 Å². The second kappa shape index (κ2) is 5.73. The smallest absolute Gasteiger partial charge is 0.123 e. The van der Waals surface area contributed by atoms with E-state index in [4.69, 9.17) is 5.73 Å². The van der Waals surface area contributed by atoms with Crippen LogP contribution < -0.4 is 5.73 Å². The summed E-state index contributed by atoms with van der Waals surface area (Å²) >= 11 is 0. The summed E-state index contributed by atoms with van der Waals surface area (Å²) in [5, 5.41) is 7.88. The molecule has 0 aliphatic rings. The van der Waals surface area contributed by atoms with Crippen molar-refractivity contribution in [1.82, 2.24) is 15.0 Å². The minimum atomic E-state index is -0.236. The van der Waals surface area contributed by atoms with E-state index < -0.39 is 0 Å². The van der Waals surface area contributed by atoms with Crippen LogP contribution in [0.15, 0.2) is 30.5 Å². The van der Waals surface area contributed by atoms with Gasteiger partial charge in [-0.1, -0.05) is 24.3 Å². The van der Waals surface area contributed by atoms with Crippen LogP contribution >= 0.6 is 0 Å². The number of halogens is 1. The number of benzene rings is 1. The highest BCUT2D eigenvalue weighted by molar-refractivity contribution is 5.19. The van der Waals surface area contributed by atoms with E-state index in [2.05, 4.69) is 17.2 Å². The number of hydrogen-bond acceptors (Lipinski definition) is 3. The molecule has 2 rings (SSSR count). The molecule has 1 aromatic carbocycles. The Morgan fingerprint density at radius 3 is 3.00 bits per heavy atom. The van der Waals surface area contributed by atoms with Gasteiger partial charge in [0.1, 0.15) is 5.82 Å². The number of rotatable bonds is 5. The fourth-order valence-electron chi connectivity index (χ4n) is 1.96. The SMILES string of the molecule is CCCn1nncc1C(N)Cc1cccc(F)c1. The van der Waals surface area contributed by atoms with Gasteiger partial charge in [-0.3, -0.25) is 0 Å². The van der Waals surface area contributed by atoms with Crippen LogP contribution in [0.25, 0.3) is 0 Å². The van der Waals surface area contributed by atoms with E-state index in [1.807, 2.05) is 10.7 Å². The van der Waals surface area contributed by atoms with Gasteiger partial charge in [-0.15, -0.1) is 5.10 Å². The van der Waals surface area contributed by atoms with Gasteiger partial charge in [0.25, 0.3) is 0 Å². The van der Waals surface area contributed by atoms with Crippen LogP contribution in [0.5, 0.6) is 0 Å². The van der Waals surface area contributed by atoms with Crippen molar-refractivity contribution in [2.75, 3.05) is 0 Å². The molecule has 0 spiro atoms. The van der Waals surface area contributed by atoms with Crippen LogP contribution in [0, 0.1) is 5.82 Å². The van der Waals surface area contributed by atoms with E-state index in [0.29, 0.717) is 6.42 Å². The lowest BCUT2D eigenvalue weighted by Crippen LogP contribution is -2.18. The van der Waals surface area contributed by atoms with E-state index in [-0.39, 0.29) is 11.9 Å². The van der Waals surface area contributed by atoms with Crippen LogP contribution in [0.2, 0.25) is 0 Å². The van der Waals surface area contributed by atoms with Crippen molar-refractivity contribution in [2.45, 2.75) is 32.4 Å². The monoisotopic (exact) mass is 248 g/mol. The average Bonchev–Trinajstić information content (AvgIpc) is 2.78. The standard InChI is InChI=1S/C13H17FN4/c1-2-6-18-13(9-16-17-18)12(15)8-10-4-3-5-11(14)7-10/h3-5,7,9,12H,2,6,8,15H2,1H3. The van der Waals surface area contributed by atoms with E-state index >= 15 is 0 Å². The molecule has 1 unspecified atom stereocenters. The zero-order chi connectivity index (χ0) is 13.0. The van der Waals surface area contributed by atoms with Gasteiger partial charge in [-0.25, -0.2) is 9.07 Å². The maximum absolute atomic E-state index is 13.1. The van der Waals surface area contributed by atoms with E-state index in [1.54, 1.807) is 12.3 Å². The molecule has 0 radical (unpaired) electrons. The Morgan fingerprint density at radius 2 is 2.28 bits per heavy atom. The van der Waals surface area contributed by atoms with Crippen molar-refractivity contribution in [2.24, 2.45) is 5.73 Å². The Morgan fingerprint density at radius 1 is 1.44 bits per heavy atom. The zero-order valence-electron chi connectivity index (χ0n) is 10.4. The third kappa shape index (κ3) is 2.92. The van der Waals surface area contributed by atoms with Gasteiger partial charge in [-0.05, 0) is 30.5 Å². The van der Waals surface area contributed by atoms with Crippen molar-refractivity contribution < 1.29 is 4.39 Å². The first-order chi connectivity index (χ1) is 8.70. The van der Waals surface area contributed by atoms with Crippen molar-refractivity contribution in [3.8, 4) is 0 Å². The maximum Gasteiger partial charge on any atom is 0.123 e. The van der Waals surface area contributed by atoms with Crippen molar-refractivity contribution in [1.29, 1.82) is 0 Å². The first kappa shape index (κ1) is 12.7. The molecule has 0 saturated carbocycles. The number of nitrogens with two attached hydrogens (primary N) is 1. The zero-order valence-corrected chi connectivity index (χ0v) is 10.4. The van der Waals surface area contributed by atoms with Crippen LogP contribution in [-0.4, -0.2) is 15.0 Å². The lowest BCUT2D eigenvalue weighted by Gasteiger charge is -2.13. The summed E-state index contributed by atoms with van der Waals surface area (Å²) in [7, 11) is 0. The van der Waals surface area contributed by atoms with E-state index in [1.165, 1.54) is 12.1 Å². The molecule has 0 saturated heterocycles. The van der Waals surface area contributed by atoms with Gasteiger partial charge in [0.2, 0.25) is 0 Å². The average molecular weight is 248 g/mol. The first-order valence-electron chi connectivity index (χ1n) is 6.09. The third-order valence-electron chi connectivity index (χ3n) is 2.81. The summed E-state index contributed by atoms with van der Waals surface area (Å²) in [4.78, 5) is 0. The molecular weight excluding hydrogens is 231 g/mol. The molecule has 0 aliphatic heterocycles. The second-order valence-corrected chi connectivity index (χ2v) is 4.32. The van der Waals surface area contributed by atoms with Gasteiger partial charge >= 0.3 is 0 Å². The Kier molecular flexibility index (Phi) is 4.04. The van der Waals surface area contributed by atoms with Gasteiger partial charge in [0.15, 0.2) is 0 Å². The number of hydrogen-bond donors (Lipinski definition) is 1. The second-order valence-electron chi connectivity index (χ2n) is 4.32. The summed E-state index contributed by atoms with van der Waals surface area (Å²) in [6, 6.07) is 6.29. The molecule has 2 aromatic rings. The fourth-order valence-corrected chi connectivity index (χ4v) is 1.96. The fraction of sp³-hybridized carbons (Fsp3) is 0.385. The maximum atomic E-state index is 13.1. The summed E-state index contributed by atoms with van der Waals surface area (Å²) in [6.07, 6.45) is 3.23. The van der Waals surface area contributed by atoms with Gasteiger partial charge < -0.3 is 5.73 Å². The highest BCUT2D eigenvalue weighted by atomic mass is 19.1. The summed E-state index contributed by atoms with van der Waals surface area (Å²) in [5.74, 6) is -0.236. The normalized spacial score (nSPS) is 12.6. The molecule has 1 atom stereocenters. The molecular formula is C13H17FN4. The van der Waals surface area contributed by atoms with Crippen LogP contribution in [0.3, 0.4) is 0 Å². The molecule has 0 fully saturated rings. The Labute approximate surface area is 106 Å². The third-order valence-corrected chi connectivity index (χ3v) is 2.81. The van der Waals surface area contributed by atoms with Gasteiger partial charge in [0.05, 0.1) is 17.9 Å². The molecule has 0 amide bonds. The van der Waals surface area contributed by atoms with Crippen molar-refractivity contribution in [3.05, 3.63) is 47.5 Å². The van der Waals surface area contributed by atoms with E-state index in [9.17, 15) is 4.39 Å². The minimum Gasteiger partial charge on any atom is -0.322 e. The quantitative estimate of drug-likeness (QED) is 0.881. The lowest BCUT2D eigenvalue weighted by molar-refractivity contribution is 0.525. The molecule has 0 aliphatic carbocycles. The first-order valence-corrected chi connectivity index (χ1v) is 6.09. The van der Waals surface area contributed by atoms with Gasteiger partial charge in [-0.2, -0.15) is 0 Å². The van der Waals surface area contributed by atoms with Crippen LogP contribution in [0.4, 0.5) is 4.39 Å². The van der Waals surface area contributed by atoms with Crippen LogP contribution in [0.1, 0.15) is 30.6 Å².